The third-order valence-electron chi connectivity index (χ3n) is 6.91. The minimum absolute atomic E-state index is 0.143. The Morgan fingerprint density at radius 1 is 1.21 bits per heavy atom. The normalized spacial score (nSPS) is 34.0. The highest BCUT2D eigenvalue weighted by molar-refractivity contribution is 6.30. The van der Waals surface area contributed by atoms with E-state index in [0.29, 0.717) is 17.8 Å². The summed E-state index contributed by atoms with van der Waals surface area (Å²) in [6, 6.07) is 5.62. The average molecular weight is 349 g/mol. The number of hydrogen-bond acceptors (Lipinski definition) is 0. The van der Waals surface area contributed by atoms with E-state index in [4.69, 9.17) is 11.6 Å². The van der Waals surface area contributed by atoms with Crippen molar-refractivity contribution in [3.63, 3.8) is 0 Å². The van der Waals surface area contributed by atoms with Gasteiger partial charge in [0.2, 0.25) is 0 Å². The molecule has 132 valence electrons. The topological polar surface area (TPSA) is 0 Å². The maximum Gasteiger partial charge on any atom is 0.142 e. The average Bonchev–Trinajstić information content (AvgIpc) is 2.64. The van der Waals surface area contributed by atoms with Crippen LogP contribution < -0.4 is 0 Å². The summed E-state index contributed by atoms with van der Waals surface area (Å²) in [6.07, 6.45) is 13.4. The molecule has 24 heavy (non-hydrogen) atoms. The lowest BCUT2D eigenvalue weighted by Gasteiger charge is -2.52. The number of hydrogen-bond donors (Lipinski definition) is 0. The zero-order valence-corrected chi connectivity index (χ0v) is 15.6. The molecule has 2 heteroatoms. The molecule has 2 fully saturated rings. The predicted molar refractivity (Wildman–Crippen MR) is 101 cm³/mol. The van der Waals surface area contributed by atoms with Gasteiger partial charge in [-0.05, 0) is 74.0 Å². The molecule has 0 radical (unpaired) electrons. The number of allylic oxidation sites excluding steroid dienone is 1. The Labute approximate surface area is 151 Å². The summed E-state index contributed by atoms with van der Waals surface area (Å²) >= 11 is 5.97. The van der Waals surface area contributed by atoms with Crippen molar-refractivity contribution in [2.45, 2.75) is 70.1 Å². The SMILES string of the molecule is C=CC1CCC([C@]2(c3ccc(Cl)c(F)c3)CCCC[C@@H]2CC)CC1. The van der Waals surface area contributed by atoms with Crippen LogP contribution in [0.2, 0.25) is 5.02 Å². The van der Waals surface area contributed by atoms with Gasteiger partial charge in [0, 0.05) is 5.41 Å². The lowest BCUT2D eigenvalue weighted by molar-refractivity contribution is 0.0725. The van der Waals surface area contributed by atoms with Crippen LogP contribution in [0.5, 0.6) is 0 Å². The molecular formula is C22H30ClF. The number of rotatable bonds is 4. The minimum atomic E-state index is -0.256. The largest absolute Gasteiger partial charge is 0.205 e. The van der Waals surface area contributed by atoms with E-state index in [9.17, 15) is 4.39 Å². The standard InChI is InChI=1S/C22H30ClF/c1-3-16-8-10-18(11-9-16)22(14-6-5-7-17(22)4-2)19-12-13-20(23)21(24)15-19/h3,12-13,15-18H,1,4-11,14H2,2H3/t16?,17-,18?,22-/m0/s1. The molecular weight excluding hydrogens is 319 g/mol. The second-order valence-electron chi connectivity index (χ2n) is 7.87. The van der Waals surface area contributed by atoms with Gasteiger partial charge in [-0.15, -0.1) is 6.58 Å². The summed E-state index contributed by atoms with van der Waals surface area (Å²) in [6.45, 7) is 6.30. The van der Waals surface area contributed by atoms with Gasteiger partial charge in [-0.25, -0.2) is 4.39 Å². The fourth-order valence-electron chi connectivity index (χ4n) is 5.65. The molecule has 0 unspecified atom stereocenters. The summed E-state index contributed by atoms with van der Waals surface area (Å²) in [5, 5.41) is 0.244. The highest BCUT2D eigenvalue weighted by Crippen LogP contribution is 2.55. The Kier molecular flexibility index (Phi) is 5.70. The second kappa shape index (κ2) is 7.60. The van der Waals surface area contributed by atoms with Crippen molar-refractivity contribution in [1.29, 1.82) is 0 Å². The Bertz CT molecular complexity index is 573. The van der Waals surface area contributed by atoms with Gasteiger partial charge in [0.15, 0.2) is 0 Å². The van der Waals surface area contributed by atoms with Crippen molar-refractivity contribution >= 4 is 11.6 Å². The van der Waals surface area contributed by atoms with Gasteiger partial charge < -0.3 is 0 Å². The molecule has 0 aliphatic heterocycles. The van der Waals surface area contributed by atoms with E-state index in [1.165, 1.54) is 63.4 Å². The van der Waals surface area contributed by atoms with Crippen LogP contribution >= 0.6 is 11.6 Å². The molecule has 1 aromatic carbocycles. The summed E-state index contributed by atoms with van der Waals surface area (Å²) < 4.78 is 14.3. The van der Waals surface area contributed by atoms with E-state index in [2.05, 4.69) is 25.6 Å². The Morgan fingerprint density at radius 3 is 2.58 bits per heavy atom. The predicted octanol–water partition coefficient (Wildman–Crippen LogP) is 7.31. The first-order chi connectivity index (χ1) is 11.6. The summed E-state index contributed by atoms with van der Waals surface area (Å²) in [4.78, 5) is 0. The highest BCUT2D eigenvalue weighted by Gasteiger charge is 2.47. The Hall–Kier alpha value is -0.820. The van der Waals surface area contributed by atoms with Crippen LogP contribution in [0.1, 0.15) is 70.3 Å². The van der Waals surface area contributed by atoms with Crippen molar-refractivity contribution < 1.29 is 4.39 Å². The van der Waals surface area contributed by atoms with Crippen LogP contribution in [0.25, 0.3) is 0 Å². The lowest BCUT2D eigenvalue weighted by atomic mass is 9.52. The van der Waals surface area contributed by atoms with Gasteiger partial charge in [-0.1, -0.05) is 49.9 Å². The fraction of sp³-hybridized carbons (Fsp3) is 0.636. The summed E-state index contributed by atoms with van der Waals surface area (Å²) in [5.41, 5.74) is 1.35. The molecule has 1 aromatic rings. The molecule has 2 aliphatic rings. The monoisotopic (exact) mass is 348 g/mol. The van der Waals surface area contributed by atoms with Gasteiger partial charge in [-0.3, -0.25) is 0 Å². The molecule has 0 aromatic heterocycles. The Morgan fingerprint density at radius 2 is 1.96 bits per heavy atom. The van der Waals surface area contributed by atoms with E-state index < -0.39 is 0 Å². The van der Waals surface area contributed by atoms with Crippen molar-refractivity contribution in [3.05, 3.63) is 47.3 Å². The van der Waals surface area contributed by atoms with Crippen LogP contribution in [-0.2, 0) is 5.41 Å². The first-order valence-electron chi connectivity index (χ1n) is 9.70. The maximum absolute atomic E-state index is 14.3. The quantitative estimate of drug-likeness (QED) is 0.500. The van der Waals surface area contributed by atoms with Crippen LogP contribution in [-0.4, -0.2) is 0 Å². The van der Waals surface area contributed by atoms with Gasteiger partial charge in [0.25, 0.3) is 0 Å². The van der Waals surface area contributed by atoms with Gasteiger partial charge in [0.1, 0.15) is 5.82 Å². The van der Waals surface area contributed by atoms with Crippen LogP contribution in [0.4, 0.5) is 4.39 Å². The molecule has 2 atom stereocenters. The smallest absolute Gasteiger partial charge is 0.142 e. The van der Waals surface area contributed by atoms with Gasteiger partial charge >= 0.3 is 0 Å². The third-order valence-corrected chi connectivity index (χ3v) is 7.21. The van der Waals surface area contributed by atoms with Crippen molar-refractivity contribution in [1.82, 2.24) is 0 Å². The van der Waals surface area contributed by atoms with E-state index in [-0.39, 0.29) is 16.3 Å². The lowest BCUT2D eigenvalue weighted by Crippen LogP contribution is -2.46. The molecule has 0 spiro atoms. The zero-order valence-electron chi connectivity index (χ0n) is 14.9. The van der Waals surface area contributed by atoms with Crippen LogP contribution in [0.15, 0.2) is 30.9 Å². The van der Waals surface area contributed by atoms with E-state index in [1.807, 2.05) is 0 Å². The van der Waals surface area contributed by atoms with E-state index in [0.717, 1.165) is 0 Å². The second-order valence-corrected chi connectivity index (χ2v) is 8.27. The fourth-order valence-corrected chi connectivity index (χ4v) is 5.76. The summed E-state index contributed by atoms with van der Waals surface area (Å²) in [5.74, 6) is 1.74. The van der Waals surface area contributed by atoms with E-state index >= 15 is 0 Å². The molecule has 0 bridgehead atoms. The molecule has 0 nitrogen and oxygen atoms in total. The Balaban J connectivity index is 2.00. The van der Waals surface area contributed by atoms with Crippen LogP contribution in [0, 0.1) is 23.6 Å². The number of halogens is 2. The van der Waals surface area contributed by atoms with Crippen molar-refractivity contribution in [2.24, 2.45) is 17.8 Å². The van der Waals surface area contributed by atoms with Gasteiger partial charge in [-0.2, -0.15) is 0 Å². The first kappa shape index (κ1) is 18.0. The van der Waals surface area contributed by atoms with E-state index in [1.54, 1.807) is 12.1 Å². The van der Waals surface area contributed by atoms with Crippen LogP contribution in [0.3, 0.4) is 0 Å². The molecule has 2 aliphatic carbocycles. The van der Waals surface area contributed by atoms with Gasteiger partial charge in [0.05, 0.1) is 5.02 Å². The van der Waals surface area contributed by atoms with Crippen molar-refractivity contribution in [2.75, 3.05) is 0 Å². The first-order valence-corrected chi connectivity index (χ1v) is 10.1. The minimum Gasteiger partial charge on any atom is -0.205 e. The summed E-state index contributed by atoms with van der Waals surface area (Å²) in [7, 11) is 0. The third kappa shape index (κ3) is 3.17. The maximum atomic E-state index is 14.3. The molecule has 0 N–H and O–H groups in total. The molecule has 0 amide bonds. The highest BCUT2D eigenvalue weighted by atomic mass is 35.5. The molecule has 0 heterocycles. The van der Waals surface area contributed by atoms with Crippen molar-refractivity contribution in [3.8, 4) is 0 Å². The molecule has 0 saturated heterocycles. The zero-order chi connectivity index (χ0) is 17.2. The number of benzene rings is 1. The molecule has 3 rings (SSSR count). The molecule has 2 saturated carbocycles.